The monoisotopic (exact) mass is 286 g/mol. The molecule has 0 aromatic heterocycles. The zero-order chi connectivity index (χ0) is 15.2. The van der Waals surface area contributed by atoms with Crippen LogP contribution in [0.5, 0.6) is 0 Å². The van der Waals surface area contributed by atoms with Gasteiger partial charge in [-0.15, -0.1) is 0 Å². The van der Waals surface area contributed by atoms with Crippen molar-refractivity contribution in [3.8, 4) is 0 Å². The summed E-state index contributed by atoms with van der Waals surface area (Å²) >= 11 is 0. The molecule has 1 N–H and O–H groups in total. The highest BCUT2D eigenvalue weighted by molar-refractivity contribution is 5.52. The molecule has 112 valence electrons. The Balaban J connectivity index is 2.23. The highest BCUT2D eigenvalue weighted by Gasteiger charge is 2.12. The smallest absolute Gasteiger partial charge is 0.123 e. The molecule has 1 atom stereocenters. The van der Waals surface area contributed by atoms with Crippen LogP contribution < -0.4 is 5.32 Å². The Kier molecular flexibility index (Phi) is 5.34. The van der Waals surface area contributed by atoms with E-state index in [-0.39, 0.29) is 11.9 Å². The topological polar surface area (TPSA) is 15.3 Å². The third-order valence-electron chi connectivity index (χ3n) is 3.49. The molecule has 1 unspecified atom stereocenters. The molecule has 0 heterocycles. The lowest BCUT2D eigenvalue weighted by Crippen LogP contribution is -2.15. The van der Waals surface area contributed by atoms with E-state index in [0.717, 1.165) is 24.2 Å². The van der Waals surface area contributed by atoms with Crippen molar-refractivity contribution < 1.29 is 4.39 Å². The number of hydrogen-bond acceptors (Lipinski definition) is 2. The normalized spacial score (nSPS) is 12.4. The molecule has 2 aromatic carbocycles. The van der Waals surface area contributed by atoms with Crippen molar-refractivity contribution in [2.75, 3.05) is 19.4 Å². The SMILES string of the molecule is CCC(Nc1ccccc1CN(C)C)c1cccc(F)c1. The van der Waals surface area contributed by atoms with Gasteiger partial charge in [-0.05, 0) is 49.8 Å². The first kappa shape index (κ1) is 15.5. The molecule has 0 aliphatic rings. The molecule has 0 amide bonds. The van der Waals surface area contributed by atoms with Crippen molar-refractivity contribution in [2.45, 2.75) is 25.9 Å². The second-order valence-electron chi connectivity index (χ2n) is 5.56. The van der Waals surface area contributed by atoms with Crippen molar-refractivity contribution in [1.82, 2.24) is 4.90 Å². The van der Waals surface area contributed by atoms with E-state index in [1.807, 2.05) is 18.2 Å². The van der Waals surface area contributed by atoms with E-state index in [0.29, 0.717) is 0 Å². The van der Waals surface area contributed by atoms with Gasteiger partial charge in [0, 0.05) is 12.2 Å². The molecule has 0 saturated carbocycles. The van der Waals surface area contributed by atoms with Crippen molar-refractivity contribution >= 4 is 5.69 Å². The Bertz CT molecular complexity index is 581. The molecule has 2 aromatic rings. The summed E-state index contributed by atoms with van der Waals surface area (Å²) in [6.07, 6.45) is 0.903. The Morgan fingerprint density at radius 1 is 1.10 bits per heavy atom. The van der Waals surface area contributed by atoms with Gasteiger partial charge in [0.2, 0.25) is 0 Å². The molecule has 2 nitrogen and oxygen atoms in total. The van der Waals surface area contributed by atoms with Gasteiger partial charge in [0.05, 0.1) is 6.04 Å². The van der Waals surface area contributed by atoms with Crippen molar-refractivity contribution in [3.63, 3.8) is 0 Å². The van der Waals surface area contributed by atoms with Gasteiger partial charge in [-0.3, -0.25) is 0 Å². The molecule has 21 heavy (non-hydrogen) atoms. The van der Waals surface area contributed by atoms with Crippen molar-refractivity contribution in [1.29, 1.82) is 0 Å². The Labute approximate surface area is 126 Å². The lowest BCUT2D eigenvalue weighted by molar-refractivity contribution is 0.403. The molecule has 0 saturated heterocycles. The van der Waals surface area contributed by atoms with Crippen LogP contribution in [0.15, 0.2) is 48.5 Å². The first-order chi connectivity index (χ1) is 10.1. The average Bonchev–Trinajstić information content (AvgIpc) is 2.45. The lowest BCUT2D eigenvalue weighted by Gasteiger charge is -2.22. The molecule has 2 rings (SSSR count). The lowest BCUT2D eigenvalue weighted by atomic mass is 10.0. The Hall–Kier alpha value is -1.87. The summed E-state index contributed by atoms with van der Waals surface area (Å²) in [7, 11) is 4.11. The zero-order valence-electron chi connectivity index (χ0n) is 12.9. The van der Waals surface area contributed by atoms with Crippen molar-refractivity contribution in [3.05, 3.63) is 65.5 Å². The van der Waals surface area contributed by atoms with Crippen LogP contribution in [0.2, 0.25) is 0 Å². The quantitative estimate of drug-likeness (QED) is 0.844. The van der Waals surface area contributed by atoms with E-state index < -0.39 is 0 Å². The number of nitrogens with one attached hydrogen (secondary N) is 1. The van der Waals surface area contributed by atoms with Crippen LogP contribution in [-0.4, -0.2) is 19.0 Å². The molecule has 0 aliphatic carbocycles. The first-order valence-electron chi connectivity index (χ1n) is 7.34. The van der Waals surface area contributed by atoms with Gasteiger partial charge in [-0.25, -0.2) is 4.39 Å². The Morgan fingerprint density at radius 2 is 1.86 bits per heavy atom. The van der Waals surface area contributed by atoms with Crippen LogP contribution in [0.3, 0.4) is 0 Å². The van der Waals surface area contributed by atoms with Crippen LogP contribution in [0.25, 0.3) is 0 Å². The maximum atomic E-state index is 13.4. The third-order valence-corrected chi connectivity index (χ3v) is 3.49. The second kappa shape index (κ2) is 7.23. The van der Waals surface area contributed by atoms with Crippen LogP contribution in [0, 0.1) is 5.82 Å². The molecule has 3 heteroatoms. The van der Waals surface area contributed by atoms with E-state index in [2.05, 4.69) is 43.4 Å². The highest BCUT2D eigenvalue weighted by atomic mass is 19.1. The van der Waals surface area contributed by atoms with E-state index in [9.17, 15) is 4.39 Å². The summed E-state index contributed by atoms with van der Waals surface area (Å²) in [5, 5.41) is 3.55. The van der Waals surface area contributed by atoms with E-state index in [1.54, 1.807) is 12.1 Å². The minimum Gasteiger partial charge on any atom is -0.378 e. The van der Waals surface area contributed by atoms with Gasteiger partial charge in [0.25, 0.3) is 0 Å². The molecule has 0 bridgehead atoms. The van der Waals surface area contributed by atoms with Gasteiger partial charge in [0.1, 0.15) is 5.82 Å². The molecule has 0 aliphatic heterocycles. The zero-order valence-corrected chi connectivity index (χ0v) is 12.9. The largest absolute Gasteiger partial charge is 0.378 e. The molecular weight excluding hydrogens is 263 g/mol. The van der Waals surface area contributed by atoms with Gasteiger partial charge in [-0.1, -0.05) is 37.3 Å². The summed E-state index contributed by atoms with van der Waals surface area (Å²) in [6.45, 7) is 2.99. The number of benzene rings is 2. The molecular formula is C18H23FN2. The molecule has 0 radical (unpaired) electrons. The average molecular weight is 286 g/mol. The molecule has 0 spiro atoms. The summed E-state index contributed by atoms with van der Waals surface area (Å²) in [5.41, 5.74) is 3.34. The Morgan fingerprint density at radius 3 is 2.52 bits per heavy atom. The predicted molar refractivity (Wildman–Crippen MR) is 86.9 cm³/mol. The van der Waals surface area contributed by atoms with Crippen LogP contribution in [-0.2, 0) is 6.54 Å². The number of anilines is 1. The fraction of sp³-hybridized carbons (Fsp3) is 0.333. The maximum absolute atomic E-state index is 13.4. The number of hydrogen-bond donors (Lipinski definition) is 1. The number of halogens is 1. The minimum atomic E-state index is -0.186. The molecule has 0 fully saturated rings. The van der Waals surface area contributed by atoms with Gasteiger partial charge < -0.3 is 10.2 Å². The van der Waals surface area contributed by atoms with E-state index >= 15 is 0 Å². The number of nitrogens with zero attached hydrogens (tertiary/aromatic N) is 1. The summed E-state index contributed by atoms with van der Waals surface area (Å²) in [5.74, 6) is -0.186. The predicted octanol–water partition coefficient (Wildman–Crippen LogP) is 4.45. The van der Waals surface area contributed by atoms with Crippen LogP contribution >= 0.6 is 0 Å². The van der Waals surface area contributed by atoms with Crippen LogP contribution in [0.4, 0.5) is 10.1 Å². The fourth-order valence-corrected chi connectivity index (χ4v) is 2.47. The van der Waals surface area contributed by atoms with Gasteiger partial charge >= 0.3 is 0 Å². The van der Waals surface area contributed by atoms with Crippen LogP contribution in [0.1, 0.15) is 30.5 Å². The minimum absolute atomic E-state index is 0.115. The van der Waals surface area contributed by atoms with Gasteiger partial charge in [0.15, 0.2) is 0 Å². The third kappa shape index (κ3) is 4.30. The first-order valence-corrected chi connectivity index (χ1v) is 7.34. The van der Waals surface area contributed by atoms with Crippen molar-refractivity contribution in [2.24, 2.45) is 0 Å². The maximum Gasteiger partial charge on any atom is 0.123 e. The summed E-state index contributed by atoms with van der Waals surface area (Å²) < 4.78 is 13.4. The summed E-state index contributed by atoms with van der Waals surface area (Å²) in [6, 6.07) is 15.2. The number of rotatable bonds is 6. The fourth-order valence-electron chi connectivity index (χ4n) is 2.47. The number of para-hydroxylation sites is 1. The standard InChI is InChI=1S/C18H23FN2/c1-4-17(14-9-7-10-16(19)12-14)20-18-11-6-5-8-15(18)13-21(2)3/h5-12,17,20H,4,13H2,1-3H3. The van der Waals surface area contributed by atoms with E-state index in [1.165, 1.54) is 11.6 Å². The van der Waals surface area contributed by atoms with Gasteiger partial charge in [-0.2, -0.15) is 0 Å². The van der Waals surface area contributed by atoms with E-state index in [4.69, 9.17) is 0 Å². The summed E-state index contributed by atoms with van der Waals surface area (Å²) in [4.78, 5) is 2.14. The highest BCUT2D eigenvalue weighted by Crippen LogP contribution is 2.26. The second-order valence-corrected chi connectivity index (χ2v) is 5.56.